The number of aliphatic hydroxyl groups is 1. The maximum absolute atomic E-state index is 12.3. The molecule has 1 aliphatic carbocycles. The lowest BCUT2D eigenvalue weighted by molar-refractivity contribution is 0.184. The van der Waals surface area contributed by atoms with Gasteiger partial charge in [-0.1, -0.05) is 11.6 Å². The number of carbonyl (C=O) groups is 1. The number of aliphatic imine (C=N–C) groups is 1. The van der Waals surface area contributed by atoms with Crippen molar-refractivity contribution >= 4 is 29.5 Å². The second-order valence-corrected chi connectivity index (χ2v) is 6.39. The highest BCUT2D eigenvalue weighted by Gasteiger charge is 2.26. The van der Waals surface area contributed by atoms with Crippen molar-refractivity contribution in [3.05, 3.63) is 35.5 Å². The molecule has 1 heterocycles. The minimum atomic E-state index is -0.296. The van der Waals surface area contributed by atoms with Crippen LogP contribution in [0.4, 0.5) is 10.5 Å². The van der Waals surface area contributed by atoms with E-state index >= 15 is 0 Å². The van der Waals surface area contributed by atoms with Crippen molar-refractivity contribution in [2.75, 3.05) is 18.6 Å². The second kappa shape index (κ2) is 7.68. The molecule has 2 N–H and O–H groups in total. The fraction of sp³-hybridized carbons (Fsp3) is 0.412. The van der Waals surface area contributed by atoms with Crippen molar-refractivity contribution in [1.82, 2.24) is 4.90 Å². The molecule has 0 radical (unpaired) electrons. The van der Waals surface area contributed by atoms with Gasteiger partial charge in [-0.25, -0.2) is 4.79 Å². The third-order valence-corrected chi connectivity index (χ3v) is 4.42. The first kappa shape index (κ1) is 16.8. The Hall–Kier alpha value is -2.05. The van der Waals surface area contributed by atoms with E-state index < -0.39 is 0 Å². The van der Waals surface area contributed by atoms with Gasteiger partial charge in [-0.2, -0.15) is 0 Å². The van der Waals surface area contributed by atoms with Crippen LogP contribution in [-0.2, 0) is 0 Å². The molecule has 0 bridgehead atoms. The van der Waals surface area contributed by atoms with Gasteiger partial charge in [0.25, 0.3) is 0 Å². The number of aliphatic hydroxyl groups excluding tert-OH is 1. The number of urea groups is 1. The first-order valence-electron chi connectivity index (χ1n) is 7.97. The molecule has 6 nitrogen and oxygen atoms in total. The Labute approximate surface area is 145 Å². The summed E-state index contributed by atoms with van der Waals surface area (Å²) < 4.78 is 6.03. The Morgan fingerprint density at radius 3 is 3.04 bits per heavy atom. The van der Waals surface area contributed by atoms with Gasteiger partial charge in [0, 0.05) is 24.0 Å². The molecule has 1 aliphatic heterocycles. The summed E-state index contributed by atoms with van der Waals surface area (Å²) in [5.41, 5.74) is 0.530. The van der Waals surface area contributed by atoms with Crippen LogP contribution in [0.15, 0.2) is 35.5 Å². The summed E-state index contributed by atoms with van der Waals surface area (Å²) in [4.78, 5) is 17.8. The molecule has 24 heavy (non-hydrogen) atoms. The standard InChI is InChI=1S/C17H20ClN3O3/c18-13-3-5-16(24-14-4-2-12(8-14)10-22)15(9-13)20-17(23)21-7-1-6-19-11-21/h1,3,5-7,9,12,14,22H,2,4,8,10-11H2,(H,20,23). The molecule has 0 aromatic heterocycles. The molecule has 1 aromatic carbocycles. The average Bonchev–Trinajstić information content (AvgIpc) is 3.06. The van der Waals surface area contributed by atoms with E-state index in [2.05, 4.69) is 10.3 Å². The topological polar surface area (TPSA) is 74.2 Å². The van der Waals surface area contributed by atoms with Crippen LogP contribution in [0, 0.1) is 5.92 Å². The van der Waals surface area contributed by atoms with E-state index in [0.29, 0.717) is 16.5 Å². The van der Waals surface area contributed by atoms with Crippen LogP contribution in [-0.4, -0.2) is 41.6 Å². The lowest BCUT2D eigenvalue weighted by Gasteiger charge is -2.21. The van der Waals surface area contributed by atoms with Crippen molar-refractivity contribution in [2.24, 2.45) is 10.9 Å². The molecule has 2 amide bonds. The molecule has 2 atom stereocenters. The molecular weight excluding hydrogens is 330 g/mol. The highest BCUT2D eigenvalue weighted by molar-refractivity contribution is 6.31. The van der Waals surface area contributed by atoms with Crippen LogP contribution < -0.4 is 10.1 Å². The number of rotatable bonds is 4. The van der Waals surface area contributed by atoms with Crippen molar-refractivity contribution in [3.63, 3.8) is 0 Å². The molecule has 2 unspecified atom stereocenters. The summed E-state index contributed by atoms with van der Waals surface area (Å²) in [7, 11) is 0. The van der Waals surface area contributed by atoms with Gasteiger partial charge in [-0.15, -0.1) is 0 Å². The lowest BCUT2D eigenvalue weighted by atomic mass is 10.1. The van der Waals surface area contributed by atoms with Gasteiger partial charge >= 0.3 is 6.03 Å². The molecule has 128 valence electrons. The highest BCUT2D eigenvalue weighted by Crippen LogP contribution is 2.34. The minimum Gasteiger partial charge on any atom is -0.488 e. The maximum Gasteiger partial charge on any atom is 0.327 e. The molecule has 0 saturated heterocycles. The third kappa shape index (κ3) is 4.07. The van der Waals surface area contributed by atoms with Crippen molar-refractivity contribution in [3.8, 4) is 5.75 Å². The number of nitrogens with one attached hydrogen (secondary N) is 1. The van der Waals surface area contributed by atoms with Gasteiger partial charge in [-0.05, 0) is 49.5 Å². The van der Waals surface area contributed by atoms with E-state index in [0.717, 1.165) is 19.3 Å². The van der Waals surface area contributed by atoms with Crippen LogP contribution in [0.1, 0.15) is 19.3 Å². The summed E-state index contributed by atoms with van der Waals surface area (Å²) in [6.07, 6.45) is 7.71. The van der Waals surface area contributed by atoms with E-state index in [1.54, 1.807) is 36.7 Å². The lowest BCUT2D eigenvalue weighted by Crippen LogP contribution is -2.32. The predicted molar refractivity (Wildman–Crippen MR) is 93.7 cm³/mol. The highest BCUT2D eigenvalue weighted by atomic mass is 35.5. The van der Waals surface area contributed by atoms with E-state index in [1.165, 1.54) is 4.90 Å². The smallest absolute Gasteiger partial charge is 0.327 e. The van der Waals surface area contributed by atoms with E-state index in [9.17, 15) is 9.90 Å². The van der Waals surface area contributed by atoms with Crippen LogP contribution in [0.3, 0.4) is 0 Å². The molecule has 0 spiro atoms. The Bertz CT molecular complexity index is 662. The predicted octanol–water partition coefficient (Wildman–Crippen LogP) is 3.27. The number of hydrogen-bond donors (Lipinski definition) is 2. The summed E-state index contributed by atoms with van der Waals surface area (Å²) in [5, 5.41) is 12.6. The summed E-state index contributed by atoms with van der Waals surface area (Å²) in [6, 6.07) is 4.87. The van der Waals surface area contributed by atoms with Crippen LogP contribution in [0.25, 0.3) is 0 Å². The van der Waals surface area contributed by atoms with Gasteiger partial charge in [0.2, 0.25) is 0 Å². The van der Waals surface area contributed by atoms with E-state index in [1.807, 2.05) is 0 Å². The van der Waals surface area contributed by atoms with E-state index in [4.69, 9.17) is 16.3 Å². The molecule has 1 saturated carbocycles. The number of nitrogens with zero attached hydrogens (tertiary/aromatic N) is 2. The second-order valence-electron chi connectivity index (χ2n) is 5.96. The first-order chi connectivity index (χ1) is 11.7. The van der Waals surface area contributed by atoms with Crippen molar-refractivity contribution in [2.45, 2.75) is 25.4 Å². The average molecular weight is 350 g/mol. The quantitative estimate of drug-likeness (QED) is 0.876. The van der Waals surface area contributed by atoms with Gasteiger partial charge in [0.05, 0.1) is 11.8 Å². The Kier molecular flexibility index (Phi) is 5.37. The summed E-state index contributed by atoms with van der Waals surface area (Å²) in [6.45, 7) is 0.464. The van der Waals surface area contributed by atoms with Crippen LogP contribution in [0.2, 0.25) is 5.02 Å². The zero-order chi connectivity index (χ0) is 16.9. The monoisotopic (exact) mass is 349 g/mol. The molecule has 1 aromatic rings. The molecule has 2 aliphatic rings. The first-order valence-corrected chi connectivity index (χ1v) is 8.35. The van der Waals surface area contributed by atoms with Gasteiger partial charge < -0.3 is 15.2 Å². The number of halogens is 1. The number of allylic oxidation sites excluding steroid dienone is 1. The van der Waals surface area contributed by atoms with Gasteiger partial charge in [0.1, 0.15) is 12.4 Å². The summed E-state index contributed by atoms with van der Waals surface area (Å²) >= 11 is 6.06. The van der Waals surface area contributed by atoms with Crippen LogP contribution in [0.5, 0.6) is 5.75 Å². The third-order valence-electron chi connectivity index (χ3n) is 4.18. The fourth-order valence-electron chi connectivity index (χ4n) is 2.89. The zero-order valence-electron chi connectivity index (χ0n) is 13.2. The number of benzene rings is 1. The van der Waals surface area contributed by atoms with Crippen LogP contribution >= 0.6 is 11.6 Å². The molecule has 3 rings (SSSR count). The maximum atomic E-state index is 12.3. The van der Waals surface area contributed by atoms with Gasteiger partial charge in [-0.3, -0.25) is 9.89 Å². The largest absolute Gasteiger partial charge is 0.488 e. The summed E-state index contributed by atoms with van der Waals surface area (Å²) in [5.74, 6) is 0.873. The number of hydrogen-bond acceptors (Lipinski definition) is 4. The number of amides is 2. The molecular formula is C17H20ClN3O3. The number of carbonyl (C=O) groups excluding carboxylic acids is 1. The van der Waals surface area contributed by atoms with E-state index in [-0.39, 0.29) is 31.3 Å². The Morgan fingerprint density at radius 2 is 2.33 bits per heavy atom. The fourth-order valence-corrected chi connectivity index (χ4v) is 3.06. The normalized spacial score (nSPS) is 22.7. The molecule has 1 fully saturated rings. The minimum absolute atomic E-state index is 0.0402. The van der Waals surface area contributed by atoms with Crippen molar-refractivity contribution in [1.29, 1.82) is 0 Å². The SMILES string of the molecule is O=C(Nc1cc(Cl)ccc1OC1CCC(CO)C1)N1C=CC=NC1. The zero-order valence-corrected chi connectivity index (χ0v) is 13.9. The number of anilines is 1. The Morgan fingerprint density at radius 1 is 1.46 bits per heavy atom. The number of ether oxygens (including phenoxy) is 1. The Balaban J connectivity index is 1.70. The van der Waals surface area contributed by atoms with Crippen molar-refractivity contribution < 1.29 is 14.6 Å². The van der Waals surface area contributed by atoms with Gasteiger partial charge in [0.15, 0.2) is 0 Å². The molecule has 7 heteroatoms.